The topological polar surface area (TPSA) is 38.8 Å². The SMILES string of the molecule is COc1ccc(F)cc1C1(C)CN(C)C(=O)O1. The smallest absolute Gasteiger partial charge is 0.410 e. The summed E-state index contributed by atoms with van der Waals surface area (Å²) in [6.07, 6.45) is -0.418. The van der Waals surface area contributed by atoms with Crippen LogP contribution < -0.4 is 4.74 Å². The number of nitrogens with zero attached hydrogens (tertiary/aromatic N) is 1. The van der Waals surface area contributed by atoms with Gasteiger partial charge in [0.25, 0.3) is 0 Å². The Morgan fingerprint density at radius 2 is 2.24 bits per heavy atom. The van der Waals surface area contributed by atoms with Crippen LogP contribution in [-0.4, -0.2) is 31.7 Å². The van der Waals surface area contributed by atoms with E-state index in [2.05, 4.69) is 0 Å². The average Bonchev–Trinajstić information content (AvgIpc) is 2.54. The molecule has 0 aliphatic carbocycles. The van der Waals surface area contributed by atoms with E-state index >= 15 is 0 Å². The number of amides is 1. The van der Waals surface area contributed by atoms with Crippen molar-refractivity contribution in [2.45, 2.75) is 12.5 Å². The van der Waals surface area contributed by atoms with Crippen molar-refractivity contribution in [3.63, 3.8) is 0 Å². The summed E-state index contributed by atoms with van der Waals surface area (Å²) in [6, 6.07) is 4.18. The molecule has 1 unspecified atom stereocenters. The summed E-state index contributed by atoms with van der Waals surface area (Å²) in [7, 11) is 3.14. The summed E-state index contributed by atoms with van der Waals surface area (Å²) in [5, 5.41) is 0. The lowest BCUT2D eigenvalue weighted by Gasteiger charge is -2.24. The van der Waals surface area contributed by atoms with Crippen LogP contribution in [0.3, 0.4) is 0 Å². The molecule has 0 aromatic heterocycles. The second-order valence-corrected chi connectivity index (χ2v) is 4.30. The number of hydrogen-bond acceptors (Lipinski definition) is 3. The van der Waals surface area contributed by atoms with Crippen LogP contribution in [0.25, 0.3) is 0 Å². The Hall–Kier alpha value is -1.78. The number of methoxy groups -OCH3 is 1. The number of ether oxygens (including phenoxy) is 2. The summed E-state index contributed by atoms with van der Waals surface area (Å²) in [6.45, 7) is 2.11. The molecule has 0 spiro atoms. The van der Waals surface area contributed by atoms with Crippen LogP contribution >= 0.6 is 0 Å². The summed E-state index contributed by atoms with van der Waals surface area (Å²) in [5.74, 6) is 0.129. The molecule has 1 amide bonds. The first-order chi connectivity index (χ1) is 7.96. The summed E-state index contributed by atoms with van der Waals surface area (Å²) in [5.41, 5.74) is -0.336. The lowest BCUT2D eigenvalue weighted by atomic mass is 9.95. The number of cyclic esters (lactones) is 1. The Bertz CT molecular complexity index is 463. The van der Waals surface area contributed by atoms with E-state index in [1.165, 1.54) is 30.2 Å². The summed E-state index contributed by atoms with van der Waals surface area (Å²) >= 11 is 0. The van der Waals surface area contributed by atoms with Crippen molar-refractivity contribution in [3.8, 4) is 5.75 Å². The molecule has 0 saturated carbocycles. The highest BCUT2D eigenvalue weighted by Gasteiger charge is 2.43. The van der Waals surface area contributed by atoms with Gasteiger partial charge >= 0.3 is 6.09 Å². The second kappa shape index (κ2) is 3.91. The van der Waals surface area contributed by atoms with Gasteiger partial charge in [-0.1, -0.05) is 0 Å². The molecule has 0 N–H and O–H groups in total. The number of carbonyl (C=O) groups excluding carboxylic acids is 1. The quantitative estimate of drug-likeness (QED) is 0.793. The highest BCUT2D eigenvalue weighted by atomic mass is 19.1. The molecule has 1 aromatic rings. The van der Waals surface area contributed by atoms with Gasteiger partial charge in [0.2, 0.25) is 0 Å². The van der Waals surface area contributed by atoms with Gasteiger partial charge in [-0.05, 0) is 25.1 Å². The maximum absolute atomic E-state index is 13.3. The Labute approximate surface area is 98.9 Å². The number of rotatable bonds is 2. The molecule has 1 saturated heterocycles. The van der Waals surface area contributed by atoms with Crippen molar-refractivity contribution in [1.29, 1.82) is 0 Å². The van der Waals surface area contributed by atoms with E-state index in [0.29, 0.717) is 17.9 Å². The molecule has 1 heterocycles. The highest BCUT2D eigenvalue weighted by molar-refractivity contribution is 5.71. The Morgan fingerprint density at radius 1 is 1.53 bits per heavy atom. The number of carbonyl (C=O) groups is 1. The fourth-order valence-electron chi connectivity index (χ4n) is 2.05. The molecule has 1 fully saturated rings. The Kier molecular flexibility index (Phi) is 2.69. The molecular weight excluding hydrogens is 225 g/mol. The van der Waals surface area contributed by atoms with Crippen LogP contribution in [0.4, 0.5) is 9.18 Å². The van der Waals surface area contributed by atoms with Gasteiger partial charge < -0.3 is 14.4 Å². The normalized spacial score (nSPS) is 23.8. The van der Waals surface area contributed by atoms with Crippen LogP contribution in [-0.2, 0) is 10.3 Å². The first-order valence-corrected chi connectivity index (χ1v) is 5.24. The monoisotopic (exact) mass is 239 g/mol. The lowest BCUT2D eigenvalue weighted by Crippen LogP contribution is -2.27. The molecule has 1 aliphatic heterocycles. The molecule has 0 radical (unpaired) electrons. The van der Waals surface area contributed by atoms with Crippen molar-refractivity contribution >= 4 is 6.09 Å². The minimum absolute atomic E-state index is 0.367. The van der Waals surface area contributed by atoms with Crippen LogP contribution in [0.15, 0.2) is 18.2 Å². The zero-order valence-electron chi connectivity index (χ0n) is 9.99. The third kappa shape index (κ3) is 1.92. The van der Waals surface area contributed by atoms with Gasteiger partial charge in [-0.25, -0.2) is 9.18 Å². The van der Waals surface area contributed by atoms with Crippen LogP contribution in [0.1, 0.15) is 12.5 Å². The van der Waals surface area contributed by atoms with Crippen molar-refractivity contribution in [1.82, 2.24) is 4.90 Å². The van der Waals surface area contributed by atoms with E-state index in [1.54, 1.807) is 14.0 Å². The van der Waals surface area contributed by atoms with Gasteiger partial charge in [0, 0.05) is 12.6 Å². The molecule has 2 rings (SSSR count). The third-order valence-electron chi connectivity index (χ3n) is 2.89. The highest BCUT2D eigenvalue weighted by Crippen LogP contribution is 2.37. The third-order valence-corrected chi connectivity index (χ3v) is 2.89. The van der Waals surface area contributed by atoms with Gasteiger partial charge in [-0.3, -0.25) is 0 Å². The zero-order valence-corrected chi connectivity index (χ0v) is 9.99. The molecule has 5 heteroatoms. The first kappa shape index (κ1) is 11.7. The standard InChI is InChI=1S/C12H14FNO3/c1-12(7-14(2)11(15)17-12)9-6-8(13)4-5-10(9)16-3/h4-6H,7H2,1-3H3. The Balaban J connectivity index is 2.46. The van der Waals surface area contributed by atoms with E-state index in [-0.39, 0.29) is 5.82 Å². The molecule has 1 aromatic carbocycles. The fourth-order valence-corrected chi connectivity index (χ4v) is 2.05. The maximum atomic E-state index is 13.3. The number of halogens is 1. The van der Waals surface area contributed by atoms with E-state index in [9.17, 15) is 9.18 Å². The molecular formula is C12H14FNO3. The van der Waals surface area contributed by atoms with E-state index in [4.69, 9.17) is 9.47 Å². The molecule has 17 heavy (non-hydrogen) atoms. The minimum Gasteiger partial charge on any atom is -0.496 e. The zero-order chi connectivity index (χ0) is 12.6. The summed E-state index contributed by atoms with van der Waals surface area (Å²) in [4.78, 5) is 12.9. The van der Waals surface area contributed by atoms with Gasteiger partial charge in [0.1, 0.15) is 11.6 Å². The van der Waals surface area contributed by atoms with E-state index in [0.717, 1.165) is 0 Å². The van der Waals surface area contributed by atoms with Crippen LogP contribution in [0, 0.1) is 5.82 Å². The van der Waals surface area contributed by atoms with Crippen molar-refractivity contribution in [2.75, 3.05) is 20.7 Å². The van der Waals surface area contributed by atoms with Crippen molar-refractivity contribution < 1.29 is 18.7 Å². The van der Waals surface area contributed by atoms with Gasteiger partial charge in [-0.2, -0.15) is 0 Å². The predicted octanol–water partition coefficient (Wildman–Crippen LogP) is 2.13. The number of likely N-dealkylation sites (N-methyl/N-ethyl adjacent to an activating group) is 1. The molecule has 0 bridgehead atoms. The predicted molar refractivity (Wildman–Crippen MR) is 59.4 cm³/mol. The fraction of sp³-hybridized carbons (Fsp3) is 0.417. The van der Waals surface area contributed by atoms with Crippen molar-refractivity contribution in [3.05, 3.63) is 29.6 Å². The van der Waals surface area contributed by atoms with E-state index < -0.39 is 11.7 Å². The van der Waals surface area contributed by atoms with Crippen LogP contribution in [0.2, 0.25) is 0 Å². The number of hydrogen-bond donors (Lipinski definition) is 0. The average molecular weight is 239 g/mol. The van der Waals surface area contributed by atoms with Crippen molar-refractivity contribution in [2.24, 2.45) is 0 Å². The summed E-state index contributed by atoms with van der Waals surface area (Å²) < 4.78 is 23.7. The van der Waals surface area contributed by atoms with E-state index in [1.807, 2.05) is 0 Å². The molecule has 92 valence electrons. The van der Waals surface area contributed by atoms with Gasteiger partial charge in [-0.15, -0.1) is 0 Å². The second-order valence-electron chi connectivity index (χ2n) is 4.30. The lowest BCUT2D eigenvalue weighted by molar-refractivity contribution is 0.0678. The molecule has 1 atom stereocenters. The van der Waals surface area contributed by atoms with Crippen LogP contribution in [0.5, 0.6) is 5.75 Å². The maximum Gasteiger partial charge on any atom is 0.410 e. The number of benzene rings is 1. The Morgan fingerprint density at radius 3 is 2.76 bits per heavy atom. The van der Waals surface area contributed by atoms with Gasteiger partial charge in [0.05, 0.1) is 13.7 Å². The molecule has 1 aliphatic rings. The first-order valence-electron chi connectivity index (χ1n) is 5.24. The van der Waals surface area contributed by atoms with Gasteiger partial charge in [0.15, 0.2) is 5.60 Å². The minimum atomic E-state index is -0.876. The largest absolute Gasteiger partial charge is 0.496 e. The molecule has 4 nitrogen and oxygen atoms in total.